The summed E-state index contributed by atoms with van der Waals surface area (Å²) in [5.41, 5.74) is 1.50. The lowest BCUT2D eigenvalue weighted by Gasteiger charge is -2.31. The average molecular weight is 462 g/mol. The first-order valence-electron chi connectivity index (χ1n) is 11.4. The van der Waals surface area contributed by atoms with E-state index in [9.17, 15) is 14.4 Å². The Bertz CT molecular complexity index is 892. The number of amides is 3. The summed E-state index contributed by atoms with van der Waals surface area (Å²) in [4.78, 5) is 39.2. The number of ether oxygens (including phenoxy) is 3. The van der Waals surface area contributed by atoms with Crippen molar-refractivity contribution in [1.29, 1.82) is 0 Å². The van der Waals surface area contributed by atoms with E-state index < -0.39 is 18.0 Å². The third kappa shape index (κ3) is 6.40. The van der Waals surface area contributed by atoms with E-state index in [1.54, 1.807) is 30.0 Å². The molecule has 1 aromatic carbocycles. The van der Waals surface area contributed by atoms with E-state index in [0.29, 0.717) is 48.0 Å². The fourth-order valence-corrected chi connectivity index (χ4v) is 3.63. The second kappa shape index (κ2) is 12.1. The highest BCUT2D eigenvalue weighted by Crippen LogP contribution is 2.36. The molecule has 33 heavy (non-hydrogen) atoms. The van der Waals surface area contributed by atoms with Crippen molar-refractivity contribution in [2.24, 2.45) is 5.92 Å². The molecule has 1 aliphatic heterocycles. The minimum Gasteiger partial charge on any atom is -0.490 e. The maximum absolute atomic E-state index is 12.8. The van der Waals surface area contributed by atoms with Crippen LogP contribution in [-0.4, -0.2) is 55.7 Å². The van der Waals surface area contributed by atoms with Crippen LogP contribution in [0.5, 0.6) is 11.5 Å². The standard InChI is InChI=1S/C24H35N3O6/c1-7-27(8-2)19(28)14-33-17-12-11-16(13-18(17)31-9-3)22-20(23(29)32-10-4)21(15(5)6)25-24(30)26-22/h11-13,15,22H,7-10,14H2,1-6H3,(H2,25,26,30). The van der Waals surface area contributed by atoms with Crippen molar-refractivity contribution in [3.63, 3.8) is 0 Å². The van der Waals surface area contributed by atoms with Gasteiger partial charge in [0.05, 0.1) is 24.8 Å². The van der Waals surface area contributed by atoms with Crippen molar-refractivity contribution in [2.75, 3.05) is 32.9 Å². The molecule has 0 fully saturated rings. The Hall–Kier alpha value is -3.23. The lowest BCUT2D eigenvalue weighted by atomic mass is 9.91. The number of carbonyl (C=O) groups is 3. The molecule has 182 valence electrons. The summed E-state index contributed by atoms with van der Waals surface area (Å²) < 4.78 is 16.8. The van der Waals surface area contributed by atoms with Crippen LogP contribution in [0.25, 0.3) is 0 Å². The number of likely N-dealkylation sites (N-methyl/N-ethyl adjacent to an activating group) is 1. The molecule has 9 heteroatoms. The first-order chi connectivity index (χ1) is 15.8. The van der Waals surface area contributed by atoms with Crippen LogP contribution in [0.2, 0.25) is 0 Å². The molecule has 0 saturated heterocycles. The summed E-state index contributed by atoms with van der Waals surface area (Å²) in [6.45, 7) is 12.9. The van der Waals surface area contributed by atoms with Gasteiger partial charge >= 0.3 is 12.0 Å². The van der Waals surface area contributed by atoms with Crippen LogP contribution in [0.3, 0.4) is 0 Å². The van der Waals surface area contributed by atoms with E-state index in [-0.39, 0.29) is 25.0 Å². The predicted molar refractivity (Wildman–Crippen MR) is 124 cm³/mol. The first kappa shape index (κ1) is 26.0. The molecule has 0 bridgehead atoms. The number of rotatable bonds is 11. The van der Waals surface area contributed by atoms with Gasteiger partial charge in [-0.2, -0.15) is 0 Å². The van der Waals surface area contributed by atoms with E-state index in [1.807, 2.05) is 34.6 Å². The van der Waals surface area contributed by atoms with Crippen molar-refractivity contribution in [3.8, 4) is 11.5 Å². The monoisotopic (exact) mass is 461 g/mol. The van der Waals surface area contributed by atoms with E-state index in [0.717, 1.165) is 0 Å². The van der Waals surface area contributed by atoms with Crippen LogP contribution in [-0.2, 0) is 14.3 Å². The lowest BCUT2D eigenvalue weighted by Crippen LogP contribution is -2.47. The molecule has 9 nitrogen and oxygen atoms in total. The zero-order valence-electron chi connectivity index (χ0n) is 20.3. The Labute approximate surface area is 195 Å². The maximum Gasteiger partial charge on any atom is 0.338 e. The van der Waals surface area contributed by atoms with E-state index >= 15 is 0 Å². The fourth-order valence-electron chi connectivity index (χ4n) is 3.63. The number of nitrogens with one attached hydrogen (secondary N) is 2. The highest BCUT2D eigenvalue weighted by molar-refractivity contribution is 5.95. The van der Waals surface area contributed by atoms with Gasteiger partial charge in [-0.25, -0.2) is 9.59 Å². The molecule has 1 aliphatic rings. The van der Waals surface area contributed by atoms with Crippen molar-refractivity contribution in [1.82, 2.24) is 15.5 Å². The number of urea groups is 1. The molecule has 1 atom stereocenters. The molecule has 0 saturated carbocycles. The number of hydrogen-bond donors (Lipinski definition) is 2. The molecule has 0 spiro atoms. The maximum atomic E-state index is 12.8. The van der Waals surface area contributed by atoms with Crippen LogP contribution in [0.15, 0.2) is 29.5 Å². The van der Waals surface area contributed by atoms with Crippen LogP contribution in [0, 0.1) is 5.92 Å². The van der Waals surface area contributed by atoms with Gasteiger partial charge in [0.25, 0.3) is 5.91 Å². The normalized spacial score (nSPS) is 15.6. The minimum absolute atomic E-state index is 0.0991. The summed E-state index contributed by atoms with van der Waals surface area (Å²) in [7, 11) is 0. The summed E-state index contributed by atoms with van der Waals surface area (Å²) in [5.74, 6) is 0.114. The summed E-state index contributed by atoms with van der Waals surface area (Å²) in [5, 5.41) is 5.55. The molecule has 0 aromatic heterocycles. The van der Waals surface area contributed by atoms with E-state index in [4.69, 9.17) is 14.2 Å². The summed E-state index contributed by atoms with van der Waals surface area (Å²) in [6, 6.07) is 4.02. The fraction of sp³-hybridized carbons (Fsp3) is 0.542. The van der Waals surface area contributed by atoms with Crippen LogP contribution in [0.1, 0.15) is 53.1 Å². The van der Waals surface area contributed by atoms with Gasteiger partial charge in [-0.3, -0.25) is 4.79 Å². The number of hydrogen-bond acceptors (Lipinski definition) is 6. The second-order valence-corrected chi connectivity index (χ2v) is 7.73. The van der Waals surface area contributed by atoms with Gasteiger partial charge in [0.1, 0.15) is 0 Å². The van der Waals surface area contributed by atoms with Crippen molar-refractivity contribution in [2.45, 2.75) is 47.6 Å². The molecule has 1 aromatic rings. The van der Waals surface area contributed by atoms with Crippen LogP contribution in [0.4, 0.5) is 4.79 Å². The van der Waals surface area contributed by atoms with Gasteiger partial charge in [-0.05, 0) is 51.3 Å². The summed E-state index contributed by atoms with van der Waals surface area (Å²) >= 11 is 0. The second-order valence-electron chi connectivity index (χ2n) is 7.73. The van der Waals surface area contributed by atoms with Crippen LogP contribution >= 0.6 is 0 Å². The SMILES string of the molecule is CCOC(=O)C1=C(C(C)C)NC(=O)NC1c1ccc(OCC(=O)N(CC)CC)c(OCC)c1. The lowest BCUT2D eigenvalue weighted by molar-refractivity contribution is -0.139. The highest BCUT2D eigenvalue weighted by atomic mass is 16.5. The van der Waals surface area contributed by atoms with E-state index in [2.05, 4.69) is 10.6 Å². The zero-order valence-corrected chi connectivity index (χ0v) is 20.3. The molecule has 0 aliphatic carbocycles. The number of nitrogens with zero attached hydrogens (tertiary/aromatic N) is 1. The third-order valence-corrected chi connectivity index (χ3v) is 5.24. The molecular weight excluding hydrogens is 426 g/mol. The Balaban J connectivity index is 2.42. The van der Waals surface area contributed by atoms with E-state index in [1.165, 1.54) is 0 Å². The Kier molecular flexibility index (Phi) is 9.57. The molecule has 2 rings (SSSR count). The topological polar surface area (TPSA) is 106 Å². The van der Waals surface area contributed by atoms with Gasteiger partial charge in [0.15, 0.2) is 18.1 Å². The number of esters is 1. The van der Waals surface area contributed by atoms with Gasteiger partial charge in [0, 0.05) is 18.8 Å². The largest absolute Gasteiger partial charge is 0.490 e. The van der Waals surface area contributed by atoms with Gasteiger partial charge < -0.3 is 29.7 Å². The number of carbonyl (C=O) groups excluding carboxylic acids is 3. The molecule has 1 unspecified atom stereocenters. The first-order valence-corrected chi connectivity index (χ1v) is 11.4. The average Bonchev–Trinajstić information content (AvgIpc) is 2.78. The predicted octanol–water partition coefficient (Wildman–Crippen LogP) is 3.16. The smallest absolute Gasteiger partial charge is 0.338 e. The molecular formula is C24H35N3O6. The Morgan fingerprint density at radius 3 is 2.30 bits per heavy atom. The van der Waals surface area contributed by atoms with Crippen molar-refractivity contribution >= 4 is 17.9 Å². The highest BCUT2D eigenvalue weighted by Gasteiger charge is 2.35. The van der Waals surface area contributed by atoms with Gasteiger partial charge in [-0.1, -0.05) is 19.9 Å². The number of benzene rings is 1. The quantitative estimate of drug-likeness (QED) is 0.491. The molecule has 0 radical (unpaired) electrons. The Morgan fingerprint density at radius 2 is 1.73 bits per heavy atom. The molecule has 1 heterocycles. The third-order valence-electron chi connectivity index (χ3n) is 5.24. The molecule has 2 N–H and O–H groups in total. The minimum atomic E-state index is -0.722. The van der Waals surface area contributed by atoms with Gasteiger partial charge in [-0.15, -0.1) is 0 Å². The van der Waals surface area contributed by atoms with Crippen LogP contribution < -0.4 is 20.1 Å². The summed E-state index contributed by atoms with van der Waals surface area (Å²) in [6.07, 6.45) is 0. The van der Waals surface area contributed by atoms with Crippen molar-refractivity contribution in [3.05, 3.63) is 35.0 Å². The number of allylic oxidation sites excluding steroid dienone is 1. The van der Waals surface area contributed by atoms with Gasteiger partial charge in [0.2, 0.25) is 0 Å². The Morgan fingerprint density at radius 1 is 1.03 bits per heavy atom. The molecule has 3 amide bonds. The zero-order chi connectivity index (χ0) is 24.5. The van der Waals surface area contributed by atoms with Crippen molar-refractivity contribution < 1.29 is 28.6 Å².